The summed E-state index contributed by atoms with van der Waals surface area (Å²) in [7, 11) is 0. The highest BCUT2D eigenvalue weighted by Crippen LogP contribution is 2.40. The van der Waals surface area contributed by atoms with Gasteiger partial charge in [0.15, 0.2) is 0 Å². The predicted molar refractivity (Wildman–Crippen MR) is 73.8 cm³/mol. The van der Waals surface area contributed by atoms with E-state index in [0.717, 1.165) is 38.9 Å². The number of aliphatic carboxylic acids is 1. The number of hydrogen-bond donors (Lipinski definition) is 1. The van der Waals surface area contributed by atoms with Crippen molar-refractivity contribution in [2.45, 2.75) is 44.3 Å². The minimum Gasteiger partial charge on any atom is -0.481 e. The first-order valence-corrected chi connectivity index (χ1v) is 7.90. The van der Waals surface area contributed by atoms with Crippen LogP contribution in [0.15, 0.2) is 0 Å². The highest BCUT2D eigenvalue weighted by molar-refractivity contribution is 5.89. The second-order valence-electron chi connectivity index (χ2n) is 6.26. The van der Waals surface area contributed by atoms with Crippen molar-refractivity contribution in [3.8, 4) is 0 Å². The number of nitrogens with zero attached hydrogens (tertiary/aromatic N) is 1. The van der Waals surface area contributed by atoms with Crippen molar-refractivity contribution < 1.29 is 24.2 Å². The van der Waals surface area contributed by atoms with Crippen molar-refractivity contribution in [3.05, 3.63) is 0 Å². The smallest absolute Gasteiger partial charge is 0.307 e. The van der Waals surface area contributed by atoms with Crippen LogP contribution in [0.25, 0.3) is 0 Å². The standard InChI is InChI=1S/C15H23NO5/c17-14(12-9-13(12)15(18)19)16-5-1-10(2-6-16)21-11-3-7-20-8-4-11/h10-13H,1-9H2,(H,18,19)/t12-,13-/m0/s1. The summed E-state index contributed by atoms with van der Waals surface area (Å²) in [6.07, 6.45) is 4.66. The van der Waals surface area contributed by atoms with Gasteiger partial charge in [-0.05, 0) is 32.1 Å². The molecule has 6 heteroatoms. The molecule has 2 aliphatic heterocycles. The number of rotatable bonds is 4. The van der Waals surface area contributed by atoms with Gasteiger partial charge in [-0.1, -0.05) is 0 Å². The van der Waals surface area contributed by atoms with Crippen LogP contribution in [-0.4, -0.2) is 60.4 Å². The minimum atomic E-state index is -0.842. The molecule has 0 aromatic rings. The summed E-state index contributed by atoms with van der Waals surface area (Å²) >= 11 is 0. The largest absolute Gasteiger partial charge is 0.481 e. The third-order valence-corrected chi connectivity index (χ3v) is 4.73. The second kappa shape index (κ2) is 6.32. The van der Waals surface area contributed by atoms with E-state index in [2.05, 4.69) is 0 Å². The van der Waals surface area contributed by atoms with Crippen LogP contribution in [0.2, 0.25) is 0 Å². The highest BCUT2D eigenvalue weighted by atomic mass is 16.5. The number of amides is 1. The lowest BCUT2D eigenvalue weighted by atomic mass is 10.1. The van der Waals surface area contributed by atoms with Crippen LogP contribution < -0.4 is 0 Å². The van der Waals surface area contributed by atoms with E-state index < -0.39 is 11.9 Å². The third-order valence-electron chi connectivity index (χ3n) is 4.73. The number of carboxylic acids is 1. The zero-order chi connectivity index (χ0) is 14.8. The van der Waals surface area contributed by atoms with Crippen molar-refractivity contribution in [1.82, 2.24) is 4.90 Å². The van der Waals surface area contributed by atoms with Gasteiger partial charge in [0.2, 0.25) is 5.91 Å². The lowest BCUT2D eigenvalue weighted by Crippen LogP contribution is -2.43. The second-order valence-corrected chi connectivity index (χ2v) is 6.26. The molecule has 2 saturated heterocycles. The van der Waals surface area contributed by atoms with E-state index in [9.17, 15) is 9.59 Å². The van der Waals surface area contributed by atoms with E-state index in [1.807, 2.05) is 4.90 Å². The van der Waals surface area contributed by atoms with Gasteiger partial charge < -0.3 is 19.5 Å². The van der Waals surface area contributed by atoms with Gasteiger partial charge in [-0.15, -0.1) is 0 Å². The van der Waals surface area contributed by atoms with Crippen LogP contribution in [0.4, 0.5) is 0 Å². The molecule has 0 bridgehead atoms. The van der Waals surface area contributed by atoms with Crippen LogP contribution in [0.3, 0.4) is 0 Å². The van der Waals surface area contributed by atoms with Gasteiger partial charge in [0.1, 0.15) is 0 Å². The van der Waals surface area contributed by atoms with Gasteiger partial charge >= 0.3 is 5.97 Å². The maximum Gasteiger partial charge on any atom is 0.307 e. The Morgan fingerprint density at radius 3 is 2.19 bits per heavy atom. The fourth-order valence-corrected chi connectivity index (χ4v) is 3.27. The molecule has 1 aliphatic carbocycles. The molecule has 3 fully saturated rings. The summed E-state index contributed by atoms with van der Waals surface area (Å²) in [6.45, 7) is 2.94. The zero-order valence-electron chi connectivity index (χ0n) is 12.2. The Balaban J connectivity index is 1.40. The van der Waals surface area contributed by atoms with E-state index >= 15 is 0 Å². The third kappa shape index (κ3) is 3.55. The SMILES string of the molecule is O=C(O)[C@H]1C[C@@H]1C(=O)N1CCC(OC2CCOCC2)CC1. The lowest BCUT2D eigenvalue weighted by Gasteiger charge is -2.35. The number of carbonyl (C=O) groups excluding carboxylic acids is 1. The Morgan fingerprint density at radius 2 is 1.62 bits per heavy atom. The maximum absolute atomic E-state index is 12.2. The molecular weight excluding hydrogens is 274 g/mol. The molecule has 0 aromatic carbocycles. The van der Waals surface area contributed by atoms with E-state index in [0.29, 0.717) is 25.6 Å². The lowest BCUT2D eigenvalue weighted by molar-refractivity contribution is -0.143. The average Bonchev–Trinajstić information content (AvgIpc) is 3.29. The van der Waals surface area contributed by atoms with Gasteiger partial charge in [-0.25, -0.2) is 0 Å². The molecule has 6 nitrogen and oxygen atoms in total. The summed E-state index contributed by atoms with van der Waals surface area (Å²) in [6, 6.07) is 0. The number of ether oxygens (including phenoxy) is 2. The Bertz CT molecular complexity index is 399. The topological polar surface area (TPSA) is 76.1 Å². The Morgan fingerprint density at radius 1 is 1.00 bits per heavy atom. The molecule has 2 heterocycles. The van der Waals surface area contributed by atoms with Crippen molar-refractivity contribution in [2.24, 2.45) is 11.8 Å². The summed E-state index contributed by atoms with van der Waals surface area (Å²) in [5.41, 5.74) is 0. The number of likely N-dealkylation sites (tertiary alicyclic amines) is 1. The monoisotopic (exact) mass is 297 g/mol. The molecule has 0 spiro atoms. The molecule has 3 rings (SSSR count). The fraction of sp³-hybridized carbons (Fsp3) is 0.867. The number of carboxylic acid groups (broad SMARTS) is 1. The normalized spacial score (nSPS) is 31.1. The zero-order valence-corrected chi connectivity index (χ0v) is 12.2. The molecule has 3 aliphatic rings. The maximum atomic E-state index is 12.2. The molecule has 2 atom stereocenters. The van der Waals surface area contributed by atoms with E-state index in [1.165, 1.54) is 0 Å². The van der Waals surface area contributed by atoms with Gasteiger partial charge in [0.05, 0.1) is 24.0 Å². The Labute approximate surface area is 124 Å². The first-order valence-electron chi connectivity index (χ1n) is 7.90. The first-order chi connectivity index (χ1) is 10.1. The highest BCUT2D eigenvalue weighted by Gasteiger charge is 2.50. The van der Waals surface area contributed by atoms with Gasteiger partial charge in [-0.2, -0.15) is 0 Å². The summed E-state index contributed by atoms with van der Waals surface area (Å²) in [5.74, 6) is -1.55. The molecule has 0 unspecified atom stereocenters. The van der Waals surface area contributed by atoms with Crippen LogP contribution in [-0.2, 0) is 19.1 Å². The van der Waals surface area contributed by atoms with E-state index in [4.69, 9.17) is 14.6 Å². The van der Waals surface area contributed by atoms with Crippen LogP contribution >= 0.6 is 0 Å². The van der Waals surface area contributed by atoms with E-state index in [1.54, 1.807) is 0 Å². The first kappa shape index (κ1) is 14.8. The minimum absolute atomic E-state index is 0.0203. The molecule has 1 amide bonds. The number of carbonyl (C=O) groups is 2. The van der Waals surface area contributed by atoms with Crippen molar-refractivity contribution in [2.75, 3.05) is 26.3 Å². The molecule has 1 N–H and O–H groups in total. The molecular formula is C15H23NO5. The number of piperidine rings is 1. The van der Waals surface area contributed by atoms with Gasteiger partial charge in [0.25, 0.3) is 0 Å². The molecule has 118 valence electrons. The number of hydrogen-bond acceptors (Lipinski definition) is 4. The summed E-state index contributed by atoms with van der Waals surface area (Å²) < 4.78 is 11.4. The predicted octanol–water partition coefficient (Wildman–Crippen LogP) is 0.894. The van der Waals surface area contributed by atoms with Crippen LogP contribution in [0.1, 0.15) is 32.1 Å². The van der Waals surface area contributed by atoms with Gasteiger partial charge in [-0.3, -0.25) is 9.59 Å². The van der Waals surface area contributed by atoms with Gasteiger partial charge in [0, 0.05) is 26.3 Å². The van der Waals surface area contributed by atoms with Crippen LogP contribution in [0, 0.1) is 11.8 Å². The Hall–Kier alpha value is -1.14. The van der Waals surface area contributed by atoms with Crippen molar-refractivity contribution >= 4 is 11.9 Å². The molecule has 1 saturated carbocycles. The molecule has 0 radical (unpaired) electrons. The van der Waals surface area contributed by atoms with Crippen molar-refractivity contribution in [3.63, 3.8) is 0 Å². The molecule has 0 aromatic heterocycles. The summed E-state index contributed by atoms with van der Waals surface area (Å²) in [4.78, 5) is 24.8. The Kier molecular flexibility index (Phi) is 4.45. The van der Waals surface area contributed by atoms with E-state index in [-0.39, 0.29) is 17.9 Å². The molecule has 21 heavy (non-hydrogen) atoms. The summed E-state index contributed by atoms with van der Waals surface area (Å²) in [5, 5.41) is 8.89. The van der Waals surface area contributed by atoms with Crippen molar-refractivity contribution in [1.29, 1.82) is 0 Å². The quantitative estimate of drug-likeness (QED) is 0.834. The fourth-order valence-electron chi connectivity index (χ4n) is 3.27. The average molecular weight is 297 g/mol. The van der Waals surface area contributed by atoms with Crippen LogP contribution in [0.5, 0.6) is 0 Å².